The van der Waals surface area contributed by atoms with Crippen molar-refractivity contribution in [1.29, 1.82) is 0 Å². The van der Waals surface area contributed by atoms with Crippen LogP contribution in [0.3, 0.4) is 0 Å². The Kier molecular flexibility index (Phi) is 5.11. The quantitative estimate of drug-likeness (QED) is 0.473. The van der Waals surface area contributed by atoms with Crippen LogP contribution in [0, 0.1) is 0 Å². The summed E-state index contributed by atoms with van der Waals surface area (Å²) in [6.45, 7) is 7.80. The van der Waals surface area contributed by atoms with Gasteiger partial charge in [-0.25, -0.2) is 0 Å². The molecule has 0 spiro atoms. The highest BCUT2D eigenvalue weighted by Crippen LogP contribution is 2.19. The van der Waals surface area contributed by atoms with Gasteiger partial charge < -0.3 is 0 Å². The summed E-state index contributed by atoms with van der Waals surface area (Å²) in [5.74, 6) is 0. The number of rotatable bonds is 6. The van der Waals surface area contributed by atoms with Crippen LogP contribution in [-0.4, -0.2) is 12.7 Å². The van der Waals surface area contributed by atoms with Gasteiger partial charge in [-0.15, -0.1) is 6.58 Å². The summed E-state index contributed by atoms with van der Waals surface area (Å²) in [4.78, 5) is 9.82. The second-order valence-electron chi connectivity index (χ2n) is 2.37. The lowest BCUT2D eigenvalue weighted by Gasteiger charge is -2.26. The molecule has 0 saturated carbocycles. The molecule has 0 amide bonds. The van der Waals surface area contributed by atoms with E-state index >= 15 is 0 Å². The van der Waals surface area contributed by atoms with Crippen molar-refractivity contribution in [1.82, 2.24) is 5.64 Å². The fraction of sp³-hybridized carbons (Fsp3) is 0.750. The highest BCUT2D eigenvalue weighted by Gasteiger charge is 2.22. The standard InChI is InChI=1S/C8H17NO2/c1-5-8(6-2,7-3)11-9-10-4/h5,9H,1,6-7H2,2-4H3. The van der Waals surface area contributed by atoms with E-state index in [4.69, 9.17) is 4.84 Å². The zero-order chi connectivity index (χ0) is 8.74. The van der Waals surface area contributed by atoms with E-state index in [0.717, 1.165) is 12.8 Å². The first-order valence-corrected chi connectivity index (χ1v) is 3.84. The Labute approximate surface area is 68.3 Å². The topological polar surface area (TPSA) is 30.5 Å². The third-order valence-corrected chi connectivity index (χ3v) is 1.90. The smallest absolute Gasteiger partial charge is 0.110 e. The third kappa shape index (κ3) is 3.01. The van der Waals surface area contributed by atoms with E-state index in [2.05, 4.69) is 17.1 Å². The monoisotopic (exact) mass is 159 g/mol. The molecule has 0 unspecified atom stereocenters. The third-order valence-electron chi connectivity index (χ3n) is 1.90. The molecular weight excluding hydrogens is 142 g/mol. The Morgan fingerprint density at radius 2 is 2.00 bits per heavy atom. The van der Waals surface area contributed by atoms with Gasteiger partial charge in [0.1, 0.15) is 5.60 Å². The van der Waals surface area contributed by atoms with E-state index < -0.39 is 0 Å². The van der Waals surface area contributed by atoms with Gasteiger partial charge in [0.2, 0.25) is 0 Å². The molecule has 0 heterocycles. The highest BCUT2D eigenvalue weighted by atomic mass is 16.9. The lowest BCUT2D eigenvalue weighted by atomic mass is 9.98. The molecule has 0 bridgehead atoms. The van der Waals surface area contributed by atoms with Crippen LogP contribution >= 0.6 is 0 Å². The van der Waals surface area contributed by atoms with Crippen LogP contribution in [-0.2, 0) is 9.68 Å². The van der Waals surface area contributed by atoms with Crippen LogP contribution in [0.5, 0.6) is 0 Å². The van der Waals surface area contributed by atoms with Crippen molar-refractivity contribution < 1.29 is 9.68 Å². The lowest BCUT2D eigenvalue weighted by molar-refractivity contribution is -0.211. The van der Waals surface area contributed by atoms with Gasteiger partial charge in [-0.05, 0) is 12.8 Å². The zero-order valence-electron chi connectivity index (χ0n) is 7.52. The molecule has 0 radical (unpaired) electrons. The van der Waals surface area contributed by atoms with Crippen molar-refractivity contribution in [3.63, 3.8) is 0 Å². The predicted octanol–water partition coefficient (Wildman–Crippen LogP) is 1.81. The van der Waals surface area contributed by atoms with Crippen LogP contribution in [0.2, 0.25) is 0 Å². The molecule has 3 nitrogen and oxygen atoms in total. The van der Waals surface area contributed by atoms with Gasteiger partial charge in [-0.3, -0.25) is 9.68 Å². The van der Waals surface area contributed by atoms with Crippen LogP contribution < -0.4 is 5.64 Å². The van der Waals surface area contributed by atoms with E-state index in [1.807, 2.05) is 13.8 Å². The first-order valence-electron chi connectivity index (χ1n) is 3.84. The zero-order valence-corrected chi connectivity index (χ0v) is 7.52. The normalized spacial score (nSPS) is 11.5. The fourth-order valence-corrected chi connectivity index (χ4v) is 0.849. The second-order valence-corrected chi connectivity index (χ2v) is 2.37. The Balaban J connectivity index is 3.94. The lowest BCUT2D eigenvalue weighted by Crippen LogP contribution is -2.34. The largest absolute Gasteiger partial charge is 0.280 e. The number of nitrogens with one attached hydrogen (secondary N) is 1. The van der Waals surface area contributed by atoms with Gasteiger partial charge in [0.15, 0.2) is 0 Å². The minimum Gasteiger partial charge on any atom is -0.280 e. The summed E-state index contributed by atoms with van der Waals surface area (Å²) < 4.78 is 0. The van der Waals surface area contributed by atoms with Crippen LogP contribution in [0.15, 0.2) is 12.7 Å². The SMILES string of the molecule is C=CC(CC)(CC)ONOC. The van der Waals surface area contributed by atoms with E-state index in [9.17, 15) is 0 Å². The molecule has 3 heteroatoms. The van der Waals surface area contributed by atoms with Gasteiger partial charge in [0.05, 0.1) is 7.11 Å². The van der Waals surface area contributed by atoms with Gasteiger partial charge in [-0.2, -0.15) is 0 Å². The summed E-state index contributed by atoms with van der Waals surface area (Å²) >= 11 is 0. The maximum atomic E-state index is 5.24. The van der Waals surface area contributed by atoms with Crippen molar-refractivity contribution >= 4 is 0 Å². The van der Waals surface area contributed by atoms with E-state index in [1.165, 1.54) is 7.11 Å². The van der Waals surface area contributed by atoms with Gasteiger partial charge in [0.25, 0.3) is 0 Å². The van der Waals surface area contributed by atoms with Crippen molar-refractivity contribution in [2.75, 3.05) is 7.11 Å². The number of hydrogen-bond acceptors (Lipinski definition) is 3. The fourth-order valence-electron chi connectivity index (χ4n) is 0.849. The molecule has 0 rings (SSSR count). The van der Waals surface area contributed by atoms with Crippen molar-refractivity contribution in [3.05, 3.63) is 12.7 Å². The van der Waals surface area contributed by atoms with Crippen molar-refractivity contribution in [2.24, 2.45) is 0 Å². The van der Waals surface area contributed by atoms with Crippen LogP contribution in [0.4, 0.5) is 0 Å². The Morgan fingerprint density at radius 1 is 1.45 bits per heavy atom. The molecule has 0 aliphatic carbocycles. The molecule has 0 aliphatic heterocycles. The molecule has 0 aromatic heterocycles. The molecule has 0 atom stereocenters. The molecular formula is C8H17NO2. The van der Waals surface area contributed by atoms with Crippen LogP contribution in [0.1, 0.15) is 26.7 Å². The first-order chi connectivity index (χ1) is 5.24. The molecule has 0 aromatic rings. The second kappa shape index (κ2) is 5.29. The molecule has 0 saturated heterocycles. The Morgan fingerprint density at radius 3 is 2.27 bits per heavy atom. The molecule has 1 N–H and O–H groups in total. The van der Waals surface area contributed by atoms with Crippen LogP contribution in [0.25, 0.3) is 0 Å². The molecule has 0 fully saturated rings. The first kappa shape index (κ1) is 10.6. The molecule has 0 aromatic carbocycles. The van der Waals surface area contributed by atoms with Gasteiger partial charge in [0, 0.05) is 0 Å². The summed E-state index contributed by atoms with van der Waals surface area (Å²) in [6.07, 6.45) is 3.55. The average molecular weight is 159 g/mol. The Bertz CT molecular complexity index is 111. The van der Waals surface area contributed by atoms with Gasteiger partial charge in [-0.1, -0.05) is 25.6 Å². The molecule has 11 heavy (non-hydrogen) atoms. The summed E-state index contributed by atoms with van der Waals surface area (Å²) in [6, 6.07) is 0. The maximum absolute atomic E-state index is 5.24. The average Bonchev–Trinajstić information content (AvgIpc) is 2.08. The minimum absolute atomic E-state index is 0.296. The predicted molar refractivity (Wildman–Crippen MR) is 44.7 cm³/mol. The van der Waals surface area contributed by atoms with Gasteiger partial charge >= 0.3 is 0 Å². The highest BCUT2D eigenvalue weighted by molar-refractivity contribution is 4.94. The maximum Gasteiger partial charge on any atom is 0.110 e. The molecule has 0 aliphatic rings. The summed E-state index contributed by atoms with van der Waals surface area (Å²) in [7, 11) is 1.51. The van der Waals surface area contributed by atoms with E-state index in [0.29, 0.717) is 0 Å². The Hall–Kier alpha value is -0.380. The summed E-state index contributed by atoms with van der Waals surface area (Å²) in [5, 5.41) is 0. The number of hydrogen-bond donors (Lipinski definition) is 1. The van der Waals surface area contributed by atoms with E-state index in [1.54, 1.807) is 6.08 Å². The minimum atomic E-state index is -0.296. The molecule has 66 valence electrons. The summed E-state index contributed by atoms with van der Waals surface area (Å²) in [5.41, 5.74) is 2.08. The van der Waals surface area contributed by atoms with E-state index in [-0.39, 0.29) is 5.60 Å². The van der Waals surface area contributed by atoms with Crippen molar-refractivity contribution in [2.45, 2.75) is 32.3 Å². The van der Waals surface area contributed by atoms with Crippen molar-refractivity contribution in [3.8, 4) is 0 Å².